The van der Waals surface area contributed by atoms with Crippen molar-refractivity contribution < 1.29 is 4.79 Å². The smallest absolute Gasteiger partial charge is 0.211 e. The molecule has 1 aliphatic carbocycles. The summed E-state index contributed by atoms with van der Waals surface area (Å²) >= 11 is 0. The molecule has 2 heteroatoms. The van der Waals surface area contributed by atoms with Gasteiger partial charge in [-0.1, -0.05) is 43.5 Å². The zero-order valence-corrected chi connectivity index (χ0v) is 9.48. The SMILES string of the molecule is O=C=NCc1ccc(C2CCCCC2)cc1. The Morgan fingerprint density at radius 3 is 2.44 bits per heavy atom. The summed E-state index contributed by atoms with van der Waals surface area (Å²) in [6.07, 6.45) is 8.34. The molecule has 1 fully saturated rings. The lowest BCUT2D eigenvalue weighted by atomic mass is 9.84. The van der Waals surface area contributed by atoms with E-state index >= 15 is 0 Å². The molecule has 16 heavy (non-hydrogen) atoms. The third kappa shape index (κ3) is 2.80. The van der Waals surface area contributed by atoms with Gasteiger partial charge >= 0.3 is 0 Å². The van der Waals surface area contributed by atoms with Crippen molar-refractivity contribution in [2.24, 2.45) is 4.99 Å². The minimum absolute atomic E-state index is 0.453. The molecule has 0 spiro atoms. The Bertz CT molecular complexity index is 370. The van der Waals surface area contributed by atoms with E-state index in [-0.39, 0.29) is 0 Å². The molecule has 1 saturated carbocycles. The molecule has 0 unspecified atom stereocenters. The highest BCUT2D eigenvalue weighted by molar-refractivity contribution is 5.34. The number of isocyanates is 1. The van der Waals surface area contributed by atoms with Crippen molar-refractivity contribution in [3.05, 3.63) is 35.4 Å². The van der Waals surface area contributed by atoms with Gasteiger partial charge in [0.2, 0.25) is 6.08 Å². The van der Waals surface area contributed by atoms with Gasteiger partial charge in [0.05, 0.1) is 6.54 Å². The molecule has 1 aromatic rings. The van der Waals surface area contributed by atoms with Gasteiger partial charge in [-0.25, -0.2) is 9.79 Å². The summed E-state index contributed by atoms with van der Waals surface area (Å²) in [5.41, 5.74) is 2.53. The molecule has 0 atom stereocenters. The topological polar surface area (TPSA) is 29.4 Å². The standard InChI is InChI=1S/C14H17NO/c16-11-15-10-12-6-8-14(9-7-12)13-4-2-1-3-5-13/h6-9,13H,1-5,10H2. The maximum Gasteiger partial charge on any atom is 0.235 e. The average molecular weight is 215 g/mol. The molecule has 2 nitrogen and oxygen atoms in total. The molecule has 0 N–H and O–H groups in total. The molecule has 0 aromatic heterocycles. The second kappa shape index (κ2) is 5.62. The van der Waals surface area contributed by atoms with E-state index in [9.17, 15) is 4.79 Å². The molecule has 1 aromatic carbocycles. The monoisotopic (exact) mass is 215 g/mol. The zero-order valence-electron chi connectivity index (χ0n) is 9.48. The normalized spacial score (nSPS) is 16.8. The first kappa shape index (κ1) is 11.1. The minimum atomic E-state index is 0.453. The second-order valence-electron chi connectivity index (χ2n) is 4.48. The number of rotatable bonds is 3. The molecule has 0 heterocycles. The molecule has 2 rings (SSSR count). The quantitative estimate of drug-likeness (QED) is 0.560. The molecule has 84 valence electrons. The van der Waals surface area contributed by atoms with Gasteiger partial charge in [0, 0.05) is 0 Å². The number of nitrogens with zero attached hydrogens (tertiary/aromatic N) is 1. The fourth-order valence-electron chi connectivity index (χ4n) is 2.45. The van der Waals surface area contributed by atoms with Gasteiger partial charge in [-0.2, -0.15) is 0 Å². The summed E-state index contributed by atoms with van der Waals surface area (Å²) in [4.78, 5) is 13.6. The maximum absolute atomic E-state index is 10.0. The van der Waals surface area contributed by atoms with Crippen molar-refractivity contribution in [3.8, 4) is 0 Å². The third-order valence-electron chi connectivity index (χ3n) is 3.38. The van der Waals surface area contributed by atoms with Crippen molar-refractivity contribution >= 4 is 6.08 Å². The van der Waals surface area contributed by atoms with Crippen LogP contribution in [0.4, 0.5) is 0 Å². The second-order valence-corrected chi connectivity index (χ2v) is 4.48. The Morgan fingerprint density at radius 1 is 1.12 bits per heavy atom. The van der Waals surface area contributed by atoms with E-state index in [1.54, 1.807) is 6.08 Å². The predicted molar refractivity (Wildman–Crippen MR) is 64.1 cm³/mol. The lowest BCUT2D eigenvalue weighted by Gasteiger charge is -2.21. The van der Waals surface area contributed by atoms with Crippen LogP contribution in [0.25, 0.3) is 0 Å². The van der Waals surface area contributed by atoms with E-state index in [2.05, 4.69) is 29.3 Å². The molecule has 0 aliphatic heterocycles. The van der Waals surface area contributed by atoms with Crippen LogP contribution in [0, 0.1) is 0 Å². The van der Waals surface area contributed by atoms with Crippen molar-refractivity contribution in [1.82, 2.24) is 0 Å². The van der Waals surface area contributed by atoms with E-state index in [1.165, 1.54) is 37.7 Å². The summed E-state index contributed by atoms with van der Waals surface area (Å²) in [5, 5.41) is 0. The van der Waals surface area contributed by atoms with Gasteiger partial charge in [0.15, 0.2) is 0 Å². The van der Waals surface area contributed by atoms with E-state index in [1.807, 2.05) is 0 Å². The number of hydrogen-bond acceptors (Lipinski definition) is 2. The van der Waals surface area contributed by atoms with E-state index < -0.39 is 0 Å². The van der Waals surface area contributed by atoms with Crippen molar-refractivity contribution in [1.29, 1.82) is 0 Å². The van der Waals surface area contributed by atoms with Gasteiger partial charge in [0.1, 0.15) is 0 Å². The number of aliphatic imine (C=N–C) groups is 1. The highest BCUT2D eigenvalue weighted by atomic mass is 16.1. The van der Waals surface area contributed by atoms with Crippen molar-refractivity contribution in [3.63, 3.8) is 0 Å². The summed E-state index contributed by atoms with van der Waals surface area (Å²) < 4.78 is 0. The van der Waals surface area contributed by atoms with Crippen molar-refractivity contribution in [2.75, 3.05) is 0 Å². The Morgan fingerprint density at radius 2 is 1.81 bits per heavy atom. The highest BCUT2D eigenvalue weighted by Gasteiger charge is 2.14. The fraction of sp³-hybridized carbons (Fsp3) is 0.500. The summed E-state index contributed by atoms with van der Waals surface area (Å²) in [7, 11) is 0. The average Bonchev–Trinajstić information content (AvgIpc) is 2.38. The number of hydrogen-bond donors (Lipinski definition) is 0. The first-order valence-corrected chi connectivity index (χ1v) is 6.02. The Hall–Kier alpha value is -1.40. The Balaban J connectivity index is 2.03. The van der Waals surface area contributed by atoms with Gasteiger partial charge in [-0.15, -0.1) is 0 Å². The lowest BCUT2D eigenvalue weighted by molar-refractivity contribution is 0.443. The van der Waals surface area contributed by atoms with E-state index in [0.29, 0.717) is 6.54 Å². The lowest BCUT2D eigenvalue weighted by Crippen LogP contribution is -2.04. The Labute approximate surface area is 96.4 Å². The van der Waals surface area contributed by atoms with Crippen LogP contribution in [-0.4, -0.2) is 6.08 Å². The van der Waals surface area contributed by atoms with Crippen LogP contribution < -0.4 is 0 Å². The molecular weight excluding hydrogens is 198 g/mol. The molecule has 0 saturated heterocycles. The first-order valence-electron chi connectivity index (χ1n) is 6.02. The molecule has 0 radical (unpaired) electrons. The van der Waals surface area contributed by atoms with Gasteiger partial charge in [-0.05, 0) is 29.9 Å². The van der Waals surface area contributed by atoms with Crippen LogP contribution in [0.15, 0.2) is 29.3 Å². The first-order chi connectivity index (χ1) is 7.90. The van der Waals surface area contributed by atoms with Crippen LogP contribution in [0.3, 0.4) is 0 Å². The maximum atomic E-state index is 10.0. The zero-order chi connectivity index (χ0) is 11.2. The summed E-state index contributed by atoms with van der Waals surface area (Å²) in [6, 6.07) is 8.52. The van der Waals surface area contributed by atoms with Gasteiger partial charge in [0.25, 0.3) is 0 Å². The van der Waals surface area contributed by atoms with Crippen LogP contribution in [0.2, 0.25) is 0 Å². The molecule has 1 aliphatic rings. The largest absolute Gasteiger partial charge is 0.235 e. The molecule has 0 amide bonds. The molecular formula is C14H17NO. The minimum Gasteiger partial charge on any atom is -0.211 e. The van der Waals surface area contributed by atoms with Crippen molar-refractivity contribution in [2.45, 2.75) is 44.6 Å². The van der Waals surface area contributed by atoms with Crippen LogP contribution >= 0.6 is 0 Å². The summed E-state index contributed by atoms with van der Waals surface area (Å²) in [5.74, 6) is 0.748. The van der Waals surface area contributed by atoms with E-state index in [0.717, 1.165) is 11.5 Å². The fourth-order valence-corrected chi connectivity index (χ4v) is 2.45. The van der Waals surface area contributed by atoms with Gasteiger partial charge in [-0.3, -0.25) is 0 Å². The number of carbonyl (C=O) groups excluding carboxylic acids is 1. The van der Waals surface area contributed by atoms with Crippen LogP contribution in [0.1, 0.15) is 49.1 Å². The number of benzene rings is 1. The summed E-state index contributed by atoms with van der Waals surface area (Å²) in [6.45, 7) is 0.453. The van der Waals surface area contributed by atoms with Crippen LogP contribution in [-0.2, 0) is 11.3 Å². The highest BCUT2D eigenvalue weighted by Crippen LogP contribution is 2.32. The van der Waals surface area contributed by atoms with Gasteiger partial charge < -0.3 is 0 Å². The molecule has 0 bridgehead atoms. The Kier molecular flexibility index (Phi) is 3.90. The van der Waals surface area contributed by atoms with E-state index in [4.69, 9.17) is 0 Å². The predicted octanol–water partition coefficient (Wildman–Crippen LogP) is 3.57. The third-order valence-corrected chi connectivity index (χ3v) is 3.38. The van der Waals surface area contributed by atoms with Crippen LogP contribution in [0.5, 0.6) is 0 Å².